The number of hydrazine groups is 1. The lowest BCUT2D eigenvalue weighted by atomic mass is 10.2. The second kappa shape index (κ2) is 6.39. The number of benzene rings is 2. The molecule has 1 fully saturated rings. The Morgan fingerprint density at radius 1 is 1.04 bits per heavy atom. The number of carbonyl (C=O) groups excluding carboxylic acids is 1. The zero-order valence-electron chi connectivity index (χ0n) is 13.9. The molecule has 0 bridgehead atoms. The van der Waals surface area contributed by atoms with Crippen LogP contribution >= 0.6 is 0 Å². The summed E-state index contributed by atoms with van der Waals surface area (Å²) < 4.78 is 1.89. The van der Waals surface area contributed by atoms with Crippen molar-refractivity contribution in [3.05, 3.63) is 60.7 Å². The summed E-state index contributed by atoms with van der Waals surface area (Å²) in [4.78, 5) is 12.1. The zero-order valence-corrected chi connectivity index (χ0v) is 13.9. The lowest BCUT2D eigenvalue weighted by Gasteiger charge is -2.12. The van der Waals surface area contributed by atoms with Gasteiger partial charge in [-0.15, -0.1) is 10.2 Å². The monoisotopic (exact) mass is 333 g/mol. The Kier molecular flexibility index (Phi) is 3.93. The fraction of sp³-hybridized carbons (Fsp3) is 0.211. The van der Waals surface area contributed by atoms with Gasteiger partial charge in [0.15, 0.2) is 5.82 Å². The van der Waals surface area contributed by atoms with Crippen molar-refractivity contribution in [3.63, 3.8) is 0 Å². The number of rotatable bonds is 5. The van der Waals surface area contributed by atoms with Crippen LogP contribution < -0.4 is 10.9 Å². The highest BCUT2D eigenvalue weighted by molar-refractivity contribution is 5.82. The highest BCUT2D eigenvalue weighted by Gasteiger charge is 2.39. The Bertz CT molecular complexity index is 875. The van der Waals surface area contributed by atoms with Crippen molar-refractivity contribution in [2.45, 2.75) is 13.3 Å². The van der Waals surface area contributed by atoms with E-state index in [0.29, 0.717) is 17.7 Å². The summed E-state index contributed by atoms with van der Waals surface area (Å²) in [7, 11) is 0. The van der Waals surface area contributed by atoms with Gasteiger partial charge in [-0.05, 0) is 24.5 Å². The number of nitrogens with zero attached hydrogens (tertiary/aromatic N) is 3. The maximum Gasteiger partial charge on any atom is 0.248 e. The van der Waals surface area contributed by atoms with Crippen LogP contribution in [0.1, 0.15) is 13.3 Å². The minimum atomic E-state index is -0.00336. The quantitative estimate of drug-likeness (QED) is 0.704. The molecule has 0 aliphatic heterocycles. The number of nitrogens with one attached hydrogen (secondary N) is 2. The summed E-state index contributed by atoms with van der Waals surface area (Å²) in [5.74, 6) is 1.73. The van der Waals surface area contributed by atoms with Gasteiger partial charge in [0, 0.05) is 11.5 Å². The average Bonchev–Trinajstić information content (AvgIpc) is 3.24. The van der Waals surface area contributed by atoms with Gasteiger partial charge < -0.3 is 0 Å². The largest absolute Gasteiger partial charge is 0.273 e. The molecule has 1 aliphatic carbocycles. The maximum absolute atomic E-state index is 12.1. The third-order valence-corrected chi connectivity index (χ3v) is 4.45. The molecule has 1 saturated carbocycles. The normalized spacial score (nSPS) is 18.6. The minimum Gasteiger partial charge on any atom is -0.273 e. The highest BCUT2D eigenvalue weighted by Crippen LogP contribution is 2.37. The van der Waals surface area contributed by atoms with Gasteiger partial charge in [0.2, 0.25) is 11.9 Å². The fourth-order valence-corrected chi connectivity index (χ4v) is 2.86. The second-order valence-corrected chi connectivity index (χ2v) is 6.32. The first-order valence-electron chi connectivity index (χ1n) is 8.36. The van der Waals surface area contributed by atoms with Crippen LogP contribution in [0.2, 0.25) is 0 Å². The Balaban J connectivity index is 1.67. The predicted octanol–water partition coefficient (Wildman–Crippen LogP) is 3.03. The number of hydrogen-bond donors (Lipinski definition) is 2. The topological polar surface area (TPSA) is 71.8 Å². The van der Waals surface area contributed by atoms with E-state index < -0.39 is 0 Å². The van der Waals surface area contributed by atoms with Crippen LogP contribution in [0.4, 0.5) is 5.95 Å². The summed E-state index contributed by atoms with van der Waals surface area (Å²) in [6.07, 6.45) is 0.939. The molecule has 1 heterocycles. The Labute approximate surface area is 145 Å². The summed E-state index contributed by atoms with van der Waals surface area (Å²) in [6.45, 7) is 2.07. The molecule has 0 radical (unpaired) electrons. The summed E-state index contributed by atoms with van der Waals surface area (Å²) in [5.41, 5.74) is 7.56. The Hall–Kier alpha value is -3.15. The first-order chi connectivity index (χ1) is 12.2. The number of hydrogen-bond acceptors (Lipinski definition) is 4. The van der Waals surface area contributed by atoms with E-state index in [1.807, 2.05) is 65.2 Å². The van der Waals surface area contributed by atoms with Gasteiger partial charge in [-0.2, -0.15) is 0 Å². The molecule has 126 valence electrons. The molecule has 2 aromatic carbocycles. The number of aromatic nitrogens is 3. The van der Waals surface area contributed by atoms with Gasteiger partial charge in [0.25, 0.3) is 0 Å². The van der Waals surface area contributed by atoms with Gasteiger partial charge in [-0.25, -0.2) is 0 Å². The fourth-order valence-electron chi connectivity index (χ4n) is 2.86. The van der Waals surface area contributed by atoms with Gasteiger partial charge in [0.05, 0.1) is 5.69 Å². The molecule has 0 saturated heterocycles. The number of amides is 1. The van der Waals surface area contributed by atoms with E-state index in [1.54, 1.807) is 0 Å². The van der Waals surface area contributed by atoms with E-state index in [4.69, 9.17) is 0 Å². The van der Waals surface area contributed by atoms with E-state index in [-0.39, 0.29) is 11.8 Å². The Morgan fingerprint density at radius 3 is 2.32 bits per heavy atom. The molecule has 4 rings (SSSR count). The molecule has 0 spiro atoms. The lowest BCUT2D eigenvalue weighted by molar-refractivity contribution is -0.122. The van der Waals surface area contributed by atoms with Crippen molar-refractivity contribution in [2.24, 2.45) is 11.8 Å². The molecule has 25 heavy (non-hydrogen) atoms. The molecular formula is C19H19N5O. The van der Waals surface area contributed by atoms with Gasteiger partial charge in [-0.1, -0.05) is 55.5 Å². The second-order valence-electron chi connectivity index (χ2n) is 6.32. The first kappa shape index (κ1) is 15.4. The van der Waals surface area contributed by atoms with Gasteiger partial charge in [0.1, 0.15) is 0 Å². The van der Waals surface area contributed by atoms with Gasteiger partial charge in [-0.3, -0.25) is 20.2 Å². The highest BCUT2D eigenvalue weighted by atomic mass is 16.2. The molecule has 1 amide bonds. The summed E-state index contributed by atoms with van der Waals surface area (Å²) in [6, 6.07) is 19.7. The van der Waals surface area contributed by atoms with Crippen molar-refractivity contribution in [1.29, 1.82) is 0 Å². The average molecular weight is 333 g/mol. The van der Waals surface area contributed by atoms with Crippen molar-refractivity contribution < 1.29 is 4.79 Å². The standard InChI is InChI=1S/C19H19N5O/c1-13-12-16(13)18(25)21-23-19-22-20-17(14-8-4-2-5-9-14)24(19)15-10-6-3-7-11-15/h2-11,13,16H,12H2,1H3,(H,21,25)(H,22,23)/t13-,16-/m1/s1. The first-order valence-corrected chi connectivity index (χ1v) is 8.36. The molecule has 6 nitrogen and oxygen atoms in total. The third kappa shape index (κ3) is 3.10. The van der Waals surface area contributed by atoms with E-state index in [9.17, 15) is 4.79 Å². The lowest BCUT2D eigenvalue weighted by Crippen LogP contribution is -2.32. The van der Waals surface area contributed by atoms with E-state index in [2.05, 4.69) is 28.0 Å². The third-order valence-electron chi connectivity index (χ3n) is 4.45. The van der Waals surface area contributed by atoms with Crippen LogP contribution in [-0.4, -0.2) is 20.7 Å². The Morgan fingerprint density at radius 2 is 1.68 bits per heavy atom. The molecule has 2 atom stereocenters. The molecule has 1 aromatic heterocycles. The molecular weight excluding hydrogens is 314 g/mol. The molecule has 6 heteroatoms. The maximum atomic E-state index is 12.1. The predicted molar refractivity (Wildman–Crippen MR) is 95.8 cm³/mol. The van der Waals surface area contributed by atoms with Crippen molar-refractivity contribution >= 4 is 11.9 Å². The van der Waals surface area contributed by atoms with Gasteiger partial charge >= 0.3 is 0 Å². The van der Waals surface area contributed by atoms with Crippen molar-refractivity contribution in [2.75, 3.05) is 5.43 Å². The summed E-state index contributed by atoms with van der Waals surface area (Å²) >= 11 is 0. The van der Waals surface area contributed by atoms with Crippen LogP contribution in [0.15, 0.2) is 60.7 Å². The van der Waals surface area contributed by atoms with E-state index in [0.717, 1.165) is 17.7 Å². The van der Waals surface area contributed by atoms with E-state index in [1.165, 1.54) is 0 Å². The van der Waals surface area contributed by atoms with Crippen LogP contribution in [0, 0.1) is 11.8 Å². The number of para-hydroxylation sites is 1. The summed E-state index contributed by atoms with van der Waals surface area (Å²) in [5, 5.41) is 8.54. The van der Waals surface area contributed by atoms with Crippen LogP contribution in [0.25, 0.3) is 17.1 Å². The van der Waals surface area contributed by atoms with Crippen molar-refractivity contribution in [1.82, 2.24) is 20.2 Å². The molecule has 0 unspecified atom stereocenters. The zero-order chi connectivity index (χ0) is 17.2. The van der Waals surface area contributed by atoms with Crippen molar-refractivity contribution in [3.8, 4) is 17.1 Å². The number of anilines is 1. The van der Waals surface area contributed by atoms with Crippen LogP contribution in [0.5, 0.6) is 0 Å². The SMILES string of the molecule is C[C@@H]1C[C@H]1C(=O)NNc1nnc(-c2ccccc2)n1-c1ccccc1. The molecule has 1 aliphatic rings. The minimum absolute atomic E-state index is 0.00336. The number of carbonyl (C=O) groups is 1. The van der Waals surface area contributed by atoms with E-state index >= 15 is 0 Å². The smallest absolute Gasteiger partial charge is 0.248 e. The molecule has 2 N–H and O–H groups in total. The molecule has 3 aromatic rings. The van der Waals surface area contributed by atoms with Crippen LogP contribution in [0.3, 0.4) is 0 Å². The van der Waals surface area contributed by atoms with Crippen LogP contribution in [-0.2, 0) is 4.79 Å².